The Balaban J connectivity index is 1.63. The maximum Gasteiger partial charge on any atom is 0.306 e. The number of hydrogen-bond donors (Lipinski definition) is 1. The van der Waals surface area contributed by atoms with Crippen LogP contribution in [-0.4, -0.2) is 35.0 Å². The number of halogens is 2. The molecule has 0 aromatic heterocycles. The fourth-order valence-electron chi connectivity index (χ4n) is 3.57. The molecule has 1 aromatic rings. The number of hydrogen-bond acceptors (Lipinski definition) is 2. The van der Waals surface area contributed by atoms with Crippen LogP contribution >= 0.6 is 23.2 Å². The van der Waals surface area contributed by atoms with Crippen molar-refractivity contribution in [1.82, 2.24) is 4.90 Å². The second-order valence-corrected chi connectivity index (χ2v) is 7.52. The molecule has 1 saturated heterocycles. The Kier molecular flexibility index (Phi) is 4.56. The van der Waals surface area contributed by atoms with Gasteiger partial charge < -0.3 is 10.0 Å². The average Bonchev–Trinajstić information content (AvgIpc) is 3.25. The molecule has 1 amide bonds. The van der Waals surface area contributed by atoms with Crippen molar-refractivity contribution >= 4 is 35.1 Å². The molecule has 1 N–H and O–H groups in total. The van der Waals surface area contributed by atoms with Crippen molar-refractivity contribution in [3.63, 3.8) is 0 Å². The number of nitrogens with zero attached hydrogens (tertiary/aromatic N) is 1. The highest BCUT2D eigenvalue weighted by Gasteiger charge is 2.47. The highest BCUT2D eigenvalue weighted by molar-refractivity contribution is 6.34. The Labute approximate surface area is 145 Å². The molecule has 3 rings (SSSR count). The first kappa shape index (κ1) is 16.6. The van der Waals surface area contributed by atoms with E-state index in [1.54, 1.807) is 6.07 Å². The number of carbonyl (C=O) groups is 2. The lowest BCUT2D eigenvalue weighted by molar-refractivity contribution is -0.148. The van der Waals surface area contributed by atoms with E-state index in [9.17, 15) is 9.59 Å². The Hall–Kier alpha value is -1.26. The van der Waals surface area contributed by atoms with Crippen LogP contribution in [0, 0.1) is 17.8 Å². The third-order valence-corrected chi connectivity index (χ3v) is 5.39. The van der Waals surface area contributed by atoms with Crippen molar-refractivity contribution in [2.45, 2.75) is 25.7 Å². The van der Waals surface area contributed by atoms with E-state index in [1.165, 1.54) is 0 Å². The zero-order valence-corrected chi connectivity index (χ0v) is 14.3. The Morgan fingerprint density at radius 3 is 2.39 bits per heavy atom. The van der Waals surface area contributed by atoms with Crippen LogP contribution in [0.3, 0.4) is 0 Å². The molecule has 1 saturated carbocycles. The van der Waals surface area contributed by atoms with Crippen molar-refractivity contribution < 1.29 is 14.7 Å². The zero-order valence-electron chi connectivity index (χ0n) is 12.8. The molecule has 4 unspecified atom stereocenters. The molecule has 0 radical (unpaired) electrons. The summed E-state index contributed by atoms with van der Waals surface area (Å²) in [7, 11) is 0. The number of carboxylic acids is 1. The quantitative estimate of drug-likeness (QED) is 0.899. The van der Waals surface area contributed by atoms with Crippen LogP contribution in [0.25, 0.3) is 0 Å². The summed E-state index contributed by atoms with van der Waals surface area (Å²) in [5.74, 6) is -0.850. The van der Waals surface area contributed by atoms with Crippen LogP contribution in [0.15, 0.2) is 18.2 Å². The maximum atomic E-state index is 12.6. The molecule has 1 heterocycles. The Morgan fingerprint density at radius 1 is 1.17 bits per heavy atom. The highest BCUT2D eigenvalue weighted by atomic mass is 35.5. The van der Waals surface area contributed by atoms with Gasteiger partial charge in [0.2, 0.25) is 5.91 Å². The van der Waals surface area contributed by atoms with E-state index in [0.717, 1.165) is 12.0 Å². The van der Waals surface area contributed by atoms with Crippen molar-refractivity contribution in [2.24, 2.45) is 17.8 Å². The summed E-state index contributed by atoms with van der Waals surface area (Å²) in [6.07, 6.45) is 1.34. The molecule has 2 aliphatic rings. The maximum absolute atomic E-state index is 12.6. The monoisotopic (exact) mass is 355 g/mol. The van der Waals surface area contributed by atoms with Crippen molar-refractivity contribution in [3.8, 4) is 0 Å². The molecular formula is C17H19Cl2NO3. The van der Waals surface area contributed by atoms with Gasteiger partial charge in [0.25, 0.3) is 0 Å². The number of likely N-dealkylation sites (tertiary alicyclic amines) is 1. The summed E-state index contributed by atoms with van der Waals surface area (Å²) < 4.78 is 0. The summed E-state index contributed by atoms with van der Waals surface area (Å²) in [5.41, 5.74) is 1.01. The van der Waals surface area contributed by atoms with Crippen LogP contribution in [-0.2, 0) is 9.59 Å². The minimum absolute atomic E-state index is 0.0111. The summed E-state index contributed by atoms with van der Waals surface area (Å²) in [6, 6.07) is 5.42. The average molecular weight is 356 g/mol. The van der Waals surface area contributed by atoms with Gasteiger partial charge in [0.05, 0.1) is 5.92 Å². The molecule has 4 nitrogen and oxygen atoms in total. The summed E-state index contributed by atoms with van der Waals surface area (Å²) >= 11 is 12.1. The van der Waals surface area contributed by atoms with Crippen molar-refractivity contribution in [3.05, 3.63) is 33.8 Å². The van der Waals surface area contributed by atoms with Crippen molar-refractivity contribution in [2.75, 3.05) is 13.1 Å². The molecule has 6 heteroatoms. The first-order valence-electron chi connectivity index (χ1n) is 7.84. The smallest absolute Gasteiger partial charge is 0.306 e. The summed E-state index contributed by atoms with van der Waals surface area (Å²) in [5, 5.41) is 10.3. The summed E-state index contributed by atoms with van der Waals surface area (Å²) in [6.45, 7) is 2.95. The molecule has 0 bridgehead atoms. The molecule has 0 spiro atoms. The fraction of sp³-hybridized carbons (Fsp3) is 0.529. The van der Waals surface area contributed by atoms with E-state index in [0.29, 0.717) is 29.6 Å². The molecule has 1 aliphatic carbocycles. The number of aliphatic carboxylic acids is 1. The number of carboxylic acid groups (broad SMARTS) is 1. The van der Waals surface area contributed by atoms with Gasteiger partial charge in [-0.3, -0.25) is 9.59 Å². The zero-order chi connectivity index (χ0) is 16.7. The Morgan fingerprint density at radius 2 is 1.83 bits per heavy atom. The van der Waals surface area contributed by atoms with E-state index in [2.05, 4.69) is 0 Å². The van der Waals surface area contributed by atoms with Gasteiger partial charge in [-0.15, -0.1) is 0 Å². The van der Waals surface area contributed by atoms with Crippen LogP contribution in [0.1, 0.15) is 31.2 Å². The third-order valence-electron chi connectivity index (χ3n) is 4.95. The largest absolute Gasteiger partial charge is 0.481 e. The molecule has 1 aromatic carbocycles. The second-order valence-electron chi connectivity index (χ2n) is 6.65. The lowest BCUT2D eigenvalue weighted by Crippen LogP contribution is -2.45. The number of amides is 1. The van der Waals surface area contributed by atoms with Crippen LogP contribution in [0.2, 0.25) is 10.0 Å². The lowest BCUT2D eigenvalue weighted by Gasteiger charge is -2.35. The van der Waals surface area contributed by atoms with Crippen LogP contribution < -0.4 is 0 Å². The molecule has 2 fully saturated rings. The van der Waals surface area contributed by atoms with Gasteiger partial charge in [0.15, 0.2) is 0 Å². The normalized spacial score (nSPS) is 30.1. The molecule has 1 aliphatic heterocycles. The Bertz CT molecular complexity index is 628. The molecule has 4 atom stereocenters. The number of benzene rings is 1. The minimum atomic E-state index is -0.762. The van der Waals surface area contributed by atoms with Gasteiger partial charge in [-0.05, 0) is 48.4 Å². The third kappa shape index (κ3) is 3.48. The number of piperidine rings is 1. The molecule has 23 heavy (non-hydrogen) atoms. The molecule has 124 valence electrons. The van der Waals surface area contributed by atoms with Gasteiger partial charge in [-0.2, -0.15) is 0 Å². The highest BCUT2D eigenvalue weighted by Crippen LogP contribution is 2.49. The predicted octanol–water partition coefficient (Wildman–Crippen LogP) is 3.67. The van der Waals surface area contributed by atoms with Gasteiger partial charge in [-0.1, -0.05) is 30.1 Å². The van der Waals surface area contributed by atoms with Crippen LogP contribution in [0.4, 0.5) is 0 Å². The van der Waals surface area contributed by atoms with E-state index >= 15 is 0 Å². The summed E-state index contributed by atoms with van der Waals surface area (Å²) in [4.78, 5) is 25.6. The van der Waals surface area contributed by atoms with Gasteiger partial charge in [-0.25, -0.2) is 0 Å². The van der Waals surface area contributed by atoms with E-state index in [1.807, 2.05) is 24.0 Å². The predicted molar refractivity (Wildman–Crippen MR) is 88.8 cm³/mol. The van der Waals surface area contributed by atoms with Gasteiger partial charge in [0.1, 0.15) is 0 Å². The van der Waals surface area contributed by atoms with Gasteiger partial charge >= 0.3 is 5.97 Å². The second kappa shape index (κ2) is 6.33. The number of rotatable bonds is 3. The standard InChI is InChI=1S/C17H19Cl2NO3/c1-9-8-20(3-2-13(9)17(22)23)16(21)15-7-14(15)10-4-11(18)6-12(19)5-10/h4-6,9,13-15H,2-3,7-8H2,1H3,(H,22,23). The van der Waals surface area contributed by atoms with Crippen LogP contribution in [0.5, 0.6) is 0 Å². The van der Waals surface area contributed by atoms with E-state index in [4.69, 9.17) is 28.3 Å². The van der Waals surface area contributed by atoms with E-state index < -0.39 is 5.97 Å². The first-order valence-corrected chi connectivity index (χ1v) is 8.60. The fourth-order valence-corrected chi connectivity index (χ4v) is 4.12. The number of carbonyl (C=O) groups excluding carboxylic acids is 1. The molecular weight excluding hydrogens is 337 g/mol. The SMILES string of the molecule is CC1CN(C(=O)C2CC2c2cc(Cl)cc(Cl)c2)CCC1C(=O)O. The van der Waals surface area contributed by atoms with Crippen molar-refractivity contribution in [1.29, 1.82) is 0 Å². The van der Waals surface area contributed by atoms with E-state index in [-0.39, 0.29) is 29.6 Å². The minimum Gasteiger partial charge on any atom is -0.481 e. The van der Waals surface area contributed by atoms with Gasteiger partial charge in [0, 0.05) is 29.1 Å². The lowest BCUT2D eigenvalue weighted by atomic mass is 9.87. The first-order chi connectivity index (χ1) is 10.9. The topological polar surface area (TPSA) is 57.6 Å².